The summed E-state index contributed by atoms with van der Waals surface area (Å²) in [5, 5.41) is 11.9. The fourth-order valence-electron chi connectivity index (χ4n) is 1.07. The molecule has 4 N–H and O–H groups in total. The summed E-state index contributed by atoms with van der Waals surface area (Å²) in [5.41, 5.74) is 7.80. The van der Waals surface area contributed by atoms with E-state index in [1.807, 2.05) is 31.2 Å². The van der Waals surface area contributed by atoms with Gasteiger partial charge in [-0.1, -0.05) is 12.1 Å². The molecular formula is C10H16N2O. The van der Waals surface area contributed by atoms with Crippen LogP contribution in [-0.4, -0.2) is 24.3 Å². The number of nitrogens with one attached hydrogen (secondary N) is 1. The second kappa shape index (κ2) is 4.84. The molecule has 0 aliphatic heterocycles. The lowest BCUT2D eigenvalue weighted by atomic mass is 10.2. The van der Waals surface area contributed by atoms with E-state index in [2.05, 4.69) is 5.32 Å². The van der Waals surface area contributed by atoms with Gasteiger partial charge in [0, 0.05) is 18.3 Å². The fraction of sp³-hybridized carbons (Fsp3) is 0.400. The Labute approximate surface area is 78.6 Å². The normalized spacial score (nSPS) is 12.5. The van der Waals surface area contributed by atoms with Crippen molar-refractivity contribution in [3.63, 3.8) is 0 Å². The summed E-state index contributed by atoms with van der Waals surface area (Å²) in [5.74, 6) is 0. The van der Waals surface area contributed by atoms with E-state index >= 15 is 0 Å². The van der Waals surface area contributed by atoms with E-state index in [0.717, 1.165) is 5.69 Å². The van der Waals surface area contributed by atoms with E-state index in [4.69, 9.17) is 10.8 Å². The van der Waals surface area contributed by atoms with Gasteiger partial charge >= 0.3 is 0 Å². The zero-order chi connectivity index (χ0) is 9.68. The predicted octanol–water partition coefficient (Wildman–Crippen LogP) is 0.727. The molecule has 0 heterocycles. The summed E-state index contributed by atoms with van der Waals surface area (Å²) < 4.78 is 0. The summed E-state index contributed by atoms with van der Waals surface area (Å²) in [6.45, 7) is 2.65. The van der Waals surface area contributed by atoms with E-state index in [9.17, 15) is 0 Å². The molecule has 0 aliphatic rings. The van der Waals surface area contributed by atoms with E-state index in [1.165, 1.54) is 5.56 Å². The highest BCUT2D eigenvalue weighted by atomic mass is 16.3. The Morgan fingerprint density at radius 2 is 2.31 bits per heavy atom. The largest absolute Gasteiger partial charge is 0.395 e. The van der Waals surface area contributed by atoms with E-state index < -0.39 is 0 Å². The van der Waals surface area contributed by atoms with Crippen molar-refractivity contribution in [3.05, 3.63) is 29.8 Å². The minimum Gasteiger partial charge on any atom is -0.395 e. The smallest absolute Gasteiger partial charge is 0.0599 e. The molecule has 1 aromatic carbocycles. The van der Waals surface area contributed by atoms with Crippen LogP contribution in [-0.2, 0) is 0 Å². The standard InChI is InChI=1S/C10H16N2O/c1-8-3-2-4-10(5-8)12-6-9(11)7-13/h2-5,9,12-13H,6-7,11H2,1H3. The first-order valence-corrected chi connectivity index (χ1v) is 4.39. The van der Waals surface area contributed by atoms with Gasteiger partial charge in [0.2, 0.25) is 0 Å². The zero-order valence-electron chi connectivity index (χ0n) is 7.83. The Bertz CT molecular complexity index is 263. The maximum absolute atomic E-state index is 8.70. The molecule has 3 nitrogen and oxygen atoms in total. The van der Waals surface area contributed by atoms with Crippen molar-refractivity contribution in [3.8, 4) is 0 Å². The van der Waals surface area contributed by atoms with Gasteiger partial charge in [0.1, 0.15) is 0 Å². The maximum atomic E-state index is 8.70. The Hall–Kier alpha value is -1.06. The molecule has 0 saturated carbocycles. The van der Waals surface area contributed by atoms with Crippen LogP contribution in [0.3, 0.4) is 0 Å². The summed E-state index contributed by atoms with van der Waals surface area (Å²) in [4.78, 5) is 0. The predicted molar refractivity (Wildman–Crippen MR) is 54.7 cm³/mol. The molecule has 1 aromatic rings. The number of rotatable bonds is 4. The average molecular weight is 180 g/mol. The summed E-state index contributed by atoms with van der Waals surface area (Å²) in [6, 6.07) is 7.86. The topological polar surface area (TPSA) is 58.3 Å². The monoisotopic (exact) mass is 180 g/mol. The molecular weight excluding hydrogens is 164 g/mol. The molecule has 0 aromatic heterocycles. The number of aryl methyl sites for hydroxylation is 1. The van der Waals surface area contributed by atoms with Gasteiger partial charge in [-0.25, -0.2) is 0 Å². The Balaban J connectivity index is 2.45. The van der Waals surface area contributed by atoms with Crippen molar-refractivity contribution in [1.29, 1.82) is 0 Å². The van der Waals surface area contributed by atoms with Crippen molar-refractivity contribution in [2.24, 2.45) is 5.73 Å². The highest BCUT2D eigenvalue weighted by Crippen LogP contribution is 2.08. The third-order valence-corrected chi connectivity index (χ3v) is 1.82. The molecule has 0 radical (unpaired) electrons. The van der Waals surface area contributed by atoms with Crippen LogP contribution in [0.5, 0.6) is 0 Å². The Morgan fingerprint density at radius 3 is 2.92 bits per heavy atom. The number of anilines is 1. The van der Waals surface area contributed by atoms with Gasteiger partial charge in [0.25, 0.3) is 0 Å². The summed E-state index contributed by atoms with van der Waals surface area (Å²) in [6.07, 6.45) is 0. The number of benzene rings is 1. The molecule has 72 valence electrons. The van der Waals surface area contributed by atoms with Gasteiger partial charge in [-0.15, -0.1) is 0 Å². The third kappa shape index (κ3) is 3.44. The quantitative estimate of drug-likeness (QED) is 0.640. The van der Waals surface area contributed by atoms with Crippen LogP contribution in [0, 0.1) is 6.92 Å². The lowest BCUT2D eigenvalue weighted by Crippen LogP contribution is -2.32. The molecule has 1 rings (SSSR count). The number of hydrogen-bond donors (Lipinski definition) is 3. The summed E-state index contributed by atoms with van der Waals surface area (Å²) in [7, 11) is 0. The first-order valence-electron chi connectivity index (χ1n) is 4.39. The molecule has 13 heavy (non-hydrogen) atoms. The molecule has 0 spiro atoms. The van der Waals surface area contributed by atoms with Crippen LogP contribution in [0.25, 0.3) is 0 Å². The van der Waals surface area contributed by atoms with Gasteiger partial charge in [-0.3, -0.25) is 0 Å². The van der Waals surface area contributed by atoms with Gasteiger partial charge < -0.3 is 16.2 Å². The molecule has 0 fully saturated rings. The van der Waals surface area contributed by atoms with Crippen LogP contribution in [0.4, 0.5) is 5.69 Å². The van der Waals surface area contributed by atoms with E-state index in [-0.39, 0.29) is 12.6 Å². The highest BCUT2D eigenvalue weighted by Gasteiger charge is 1.98. The lowest BCUT2D eigenvalue weighted by Gasteiger charge is -2.11. The first kappa shape index (κ1) is 10.0. The van der Waals surface area contributed by atoms with Gasteiger partial charge in [-0.2, -0.15) is 0 Å². The van der Waals surface area contributed by atoms with Crippen LogP contribution in [0.15, 0.2) is 24.3 Å². The number of hydrogen-bond acceptors (Lipinski definition) is 3. The van der Waals surface area contributed by atoms with Crippen molar-refractivity contribution in [2.75, 3.05) is 18.5 Å². The number of aliphatic hydroxyl groups excluding tert-OH is 1. The molecule has 1 unspecified atom stereocenters. The van der Waals surface area contributed by atoms with Crippen LogP contribution in [0.2, 0.25) is 0 Å². The molecule has 0 saturated heterocycles. The van der Waals surface area contributed by atoms with E-state index in [1.54, 1.807) is 0 Å². The average Bonchev–Trinajstić information content (AvgIpc) is 2.14. The molecule has 1 atom stereocenters. The van der Waals surface area contributed by atoms with Crippen molar-refractivity contribution < 1.29 is 5.11 Å². The van der Waals surface area contributed by atoms with Crippen LogP contribution in [0.1, 0.15) is 5.56 Å². The van der Waals surface area contributed by atoms with Gasteiger partial charge in [0.15, 0.2) is 0 Å². The maximum Gasteiger partial charge on any atom is 0.0599 e. The molecule has 0 aliphatic carbocycles. The second-order valence-electron chi connectivity index (χ2n) is 3.19. The Kier molecular flexibility index (Phi) is 3.73. The SMILES string of the molecule is Cc1cccc(NCC(N)CO)c1. The highest BCUT2D eigenvalue weighted by molar-refractivity contribution is 5.45. The molecule has 3 heteroatoms. The van der Waals surface area contributed by atoms with Crippen molar-refractivity contribution in [1.82, 2.24) is 0 Å². The van der Waals surface area contributed by atoms with Crippen molar-refractivity contribution >= 4 is 5.69 Å². The van der Waals surface area contributed by atoms with Crippen molar-refractivity contribution in [2.45, 2.75) is 13.0 Å². The third-order valence-electron chi connectivity index (χ3n) is 1.82. The first-order chi connectivity index (χ1) is 6.22. The number of aliphatic hydroxyl groups is 1. The molecule has 0 bridgehead atoms. The minimum absolute atomic E-state index is 0.0127. The zero-order valence-corrected chi connectivity index (χ0v) is 7.83. The van der Waals surface area contributed by atoms with Gasteiger partial charge in [-0.05, 0) is 24.6 Å². The minimum atomic E-state index is -0.194. The lowest BCUT2D eigenvalue weighted by molar-refractivity contribution is 0.270. The van der Waals surface area contributed by atoms with Crippen LogP contribution < -0.4 is 11.1 Å². The number of nitrogens with two attached hydrogens (primary N) is 1. The fourth-order valence-corrected chi connectivity index (χ4v) is 1.07. The molecule has 0 amide bonds. The van der Waals surface area contributed by atoms with Crippen LogP contribution >= 0.6 is 0 Å². The van der Waals surface area contributed by atoms with E-state index in [0.29, 0.717) is 6.54 Å². The second-order valence-corrected chi connectivity index (χ2v) is 3.19. The van der Waals surface area contributed by atoms with Gasteiger partial charge in [0.05, 0.1) is 6.61 Å². The Morgan fingerprint density at radius 1 is 1.54 bits per heavy atom. The summed E-state index contributed by atoms with van der Waals surface area (Å²) >= 11 is 0.